The van der Waals surface area contributed by atoms with E-state index < -0.39 is 11.6 Å². The molecule has 3 heterocycles. The number of amides is 1. The molecule has 2 aromatic heterocycles. The largest absolute Gasteiger partial charge is 0.478 e. The summed E-state index contributed by atoms with van der Waals surface area (Å²) in [5.41, 5.74) is 0.280. The van der Waals surface area contributed by atoms with E-state index in [0.29, 0.717) is 31.0 Å². The van der Waals surface area contributed by atoms with Crippen LogP contribution in [0.4, 0.5) is 0 Å². The van der Waals surface area contributed by atoms with E-state index in [2.05, 4.69) is 4.98 Å². The van der Waals surface area contributed by atoms with E-state index in [0.717, 1.165) is 5.56 Å². The Morgan fingerprint density at radius 2 is 2.04 bits per heavy atom. The van der Waals surface area contributed by atoms with Gasteiger partial charge in [0.2, 0.25) is 11.5 Å². The lowest BCUT2D eigenvalue weighted by Crippen LogP contribution is -2.54. The maximum atomic E-state index is 12.5. The van der Waals surface area contributed by atoms with E-state index in [4.69, 9.17) is 4.74 Å². The lowest BCUT2D eigenvalue weighted by Gasteiger charge is -2.39. The number of pyridine rings is 1. The Balaban J connectivity index is 1.66. The number of rotatable bonds is 5. The van der Waals surface area contributed by atoms with E-state index in [1.807, 2.05) is 30.1 Å². The third-order valence-corrected chi connectivity index (χ3v) is 4.83. The summed E-state index contributed by atoms with van der Waals surface area (Å²) in [6, 6.07) is 5.36. The molecule has 0 unspecified atom stereocenters. The molecule has 138 valence electrons. The predicted octanol–water partition coefficient (Wildman–Crippen LogP) is 1.80. The first-order valence-corrected chi connectivity index (χ1v) is 8.62. The average Bonchev–Trinajstić information content (AvgIpc) is 3.02. The molecule has 2 aromatic rings. The van der Waals surface area contributed by atoms with Gasteiger partial charge in [-0.3, -0.25) is 9.78 Å². The molecule has 1 aliphatic heterocycles. The van der Waals surface area contributed by atoms with Crippen molar-refractivity contribution in [3.8, 4) is 5.75 Å². The van der Waals surface area contributed by atoms with E-state index in [-0.39, 0.29) is 18.7 Å². The van der Waals surface area contributed by atoms with E-state index >= 15 is 0 Å². The highest BCUT2D eigenvalue weighted by molar-refractivity contribution is 5.81. The van der Waals surface area contributed by atoms with Crippen molar-refractivity contribution in [3.63, 3.8) is 0 Å². The molecule has 1 saturated heterocycles. The van der Waals surface area contributed by atoms with Crippen LogP contribution in [-0.2, 0) is 23.1 Å². The van der Waals surface area contributed by atoms with E-state index in [1.54, 1.807) is 30.2 Å². The number of hydrogen-bond donors (Lipinski definition) is 1. The van der Waals surface area contributed by atoms with Crippen LogP contribution in [0, 0.1) is 6.92 Å². The molecule has 0 bridgehead atoms. The van der Waals surface area contributed by atoms with Gasteiger partial charge in [0.25, 0.3) is 0 Å². The summed E-state index contributed by atoms with van der Waals surface area (Å²) < 4.78 is 7.78. The van der Waals surface area contributed by atoms with Gasteiger partial charge in [-0.05, 0) is 30.7 Å². The Morgan fingerprint density at radius 1 is 1.31 bits per heavy atom. The van der Waals surface area contributed by atoms with Gasteiger partial charge in [-0.1, -0.05) is 0 Å². The third kappa shape index (κ3) is 3.71. The van der Waals surface area contributed by atoms with Gasteiger partial charge >= 0.3 is 5.97 Å². The Kier molecular flexibility index (Phi) is 4.97. The fourth-order valence-electron chi connectivity index (χ4n) is 3.22. The normalized spacial score (nSPS) is 16.3. The summed E-state index contributed by atoms with van der Waals surface area (Å²) in [6.45, 7) is 2.50. The van der Waals surface area contributed by atoms with Crippen molar-refractivity contribution >= 4 is 11.9 Å². The molecule has 3 rings (SSSR count). The molecule has 1 aliphatic rings. The molecular formula is C19H23N3O4. The summed E-state index contributed by atoms with van der Waals surface area (Å²) in [7, 11) is 1.91. The van der Waals surface area contributed by atoms with Crippen LogP contribution in [0.15, 0.2) is 36.8 Å². The number of likely N-dealkylation sites (tertiary alicyclic amines) is 1. The molecule has 0 atom stereocenters. The molecule has 0 radical (unpaired) electrons. The quantitative estimate of drug-likeness (QED) is 0.882. The van der Waals surface area contributed by atoms with Gasteiger partial charge in [-0.2, -0.15) is 0 Å². The molecule has 0 aliphatic carbocycles. The zero-order valence-corrected chi connectivity index (χ0v) is 15.0. The van der Waals surface area contributed by atoms with Crippen molar-refractivity contribution in [2.24, 2.45) is 7.05 Å². The second-order valence-electron chi connectivity index (χ2n) is 6.73. The first-order chi connectivity index (χ1) is 12.4. The monoisotopic (exact) mass is 357 g/mol. The van der Waals surface area contributed by atoms with Crippen molar-refractivity contribution in [1.82, 2.24) is 14.5 Å². The third-order valence-electron chi connectivity index (χ3n) is 4.83. The smallest absolute Gasteiger partial charge is 0.348 e. The van der Waals surface area contributed by atoms with Crippen LogP contribution in [0.1, 0.15) is 24.1 Å². The highest BCUT2D eigenvalue weighted by Crippen LogP contribution is 2.30. The number of ether oxygens (including phenoxy) is 1. The Bertz CT molecular complexity index is 807. The number of aryl methyl sites for hydroxylation is 2. The first-order valence-electron chi connectivity index (χ1n) is 8.62. The van der Waals surface area contributed by atoms with Gasteiger partial charge in [0.1, 0.15) is 5.75 Å². The van der Waals surface area contributed by atoms with Crippen LogP contribution in [-0.4, -0.2) is 50.1 Å². The number of carboxylic acids is 1. The summed E-state index contributed by atoms with van der Waals surface area (Å²) in [6.07, 6.45) is 6.27. The Hall–Kier alpha value is -2.83. The molecule has 7 nitrogen and oxygen atoms in total. The van der Waals surface area contributed by atoms with Crippen LogP contribution in [0.2, 0.25) is 0 Å². The maximum Gasteiger partial charge on any atom is 0.348 e. The molecule has 1 amide bonds. The predicted molar refractivity (Wildman–Crippen MR) is 94.9 cm³/mol. The fraction of sp³-hybridized carbons (Fsp3) is 0.421. The highest BCUT2D eigenvalue weighted by atomic mass is 16.5. The topological polar surface area (TPSA) is 84.7 Å². The van der Waals surface area contributed by atoms with Gasteiger partial charge in [0, 0.05) is 51.6 Å². The van der Waals surface area contributed by atoms with Gasteiger partial charge in [0.15, 0.2) is 0 Å². The zero-order chi connectivity index (χ0) is 18.7. The van der Waals surface area contributed by atoms with Gasteiger partial charge in [-0.15, -0.1) is 0 Å². The number of aliphatic carboxylic acids is 1. The van der Waals surface area contributed by atoms with Crippen LogP contribution in [0.25, 0.3) is 0 Å². The van der Waals surface area contributed by atoms with Crippen LogP contribution >= 0.6 is 0 Å². The Labute approximate surface area is 152 Å². The molecule has 0 aromatic carbocycles. The lowest BCUT2D eigenvalue weighted by atomic mass is 9.90. The molecule has 0 saturated carbocycles. The molecule has 0 spiro atoms. The number of nitrogens with zero attached hydrogens (tertiary/aromatic N) is 3. The van der Waals surface area contributed by atoms with Gasteiger partial charge in [0.05, 0.1) is 12.1 Å². The van der Waals surface area contributed by atoms with Gasteiger partial charge in [-0.25, -0.2) is 4.79 Å². The summed E-state index contributed by atoms with van der Waals surface area (Å²) in [4.78, 5) is 30.3. The first kappa shape index (κ1) is 18.0. The van der Waals surface area contributed by atoms with E-state index in [9.17, 15) is 14.7 Å². The van der Waals surface area contributed by atoms with Crippen molar-refractivity contribution in [3.05, 3.63) is 48.0 Å². The van der Waals surface area contributed by atoms with Crippen molar-refractivity contribution < 1.29 is 19.4 Å². The maximum absolute atomic E-state index is 12.5. The van der Waals surface area contributed by atoms with Crippen LogP contribution < -0.4 is 4.74 Å². The SMILES string of the molecule is Cc1ncccc1OC1(C(=O)O)CCN(C(=O)Cc2ccn(C)c2)CC1. The number of piperidine rings is 1. The second kappa shape index (κ2) is 7.19. The van der Waals surface area contributed by atoms with Crippen molar-refractivity contribution in [1.29, 1.82) is 0 Å². The second-order valence-corrected chi connectivity index (χ2v) is 6.73. The van der Waals surface area contributed by atoms with Crippen LogP contribution in [0.5, 0.6) is 5.75 Å². The molecular weight excluding hydrogens is 334 g/mol. The van der Waals surface area contributed by atoms with Crippen LogP contribution in [0.3, 0.4) is 0 Å². The van der Waals surface area contributed by atoms with Crippen molar-refractivity contribution in [2.75, 3.05) is 13.1 Å². The number of hydrogen-bond acceptors (Lipinski definition) is 4. The molecule has 26 heavy (non-hydrogen) atoms. The van der Waals surface area contributed by atoms with Crippen molar-refractivity contribution in [2.45, 2.75) is 31.8 Å². The standard InChI is InChI=1S/C19H23N3O4/c1-14-16(4-3-8-20-14)26-19(18(24)25)6-10-22(11-7-19)17(23)12-15-5-9-21(2)13-15/h3-5,8-9,13H,6-7,10-12H2,1-2H3,(H,24,25). The summed E-state index contributed by atoms with van der Waals surface area (Å²) in [5.74, 6) is -0.525. The number of aromatic nitrogens is 2. The summed E-state index contributed by atoms with van der Waals surface area (Å²) in [5, 5.41) is 9.75. The van der Waals surface area contributed by atoms with E-state index in [1.165, 1.54) is 0 Å². The minimum absolute atomic E-state index is 0.00717. The minimum atomic E-state index is -1.32. The zero-order valence-electron chi connectivity index (χ0n) is 15.0. The number of carbonyl (C=O) groups excluding carboxylic acids is 1. The Morgan fingerprint density at radius 3 is 2.62 bits per heavy atom. The lowest BCUT2D eigenvalue weighted by molar-refractivity contribution is -0.161. The number of carbonyl (C=O) groups is 2. The summed E-state index contributed by atoms with van der Waals surface area (Å²) >= 11 is 0. The van der Waals surface area contributed by atoms with Gasteiger partial charge < -0.3 is 19.3 Å². The minimum Gasteiger partial charge on any atom is -0.478 e. The average molecular weight is 357 g/mol. The highest BCUT2D eigenvalue weighted by Gasteiger charge is 2.45. The number of carboxylic acid groups (broad SMARTS) is 1. The molecule has 7 heteroatoms. The fourth-order valence-corrected chi connectivity index (χ4v) is 3.22. The molecule has 1 fully saturated rings. The molecule has 1 N–H and O–H groups in total.